The molecular formula is C23H26N6O4. The molecule has 3 N–H and O–H groups in total. The summed E-state index contributed by atoms with van der Waals surface area (Å²) in [6.45, 7) is 3.76. The van der Waals surface area contributed by atoms with Gasteiger partial charge in [0.15, 0.2) is 5.69 Å². The van der Waals surface area contributed by atoms with Crippen LogP contribution in [0, 0.1) is 0 Å². The predicted octanol–water partition coefficient (Wildman–Crippen LogP) is 1.93. The van der Waals surface area contributed by atoms with Crippen LogP contribution in [-0.2, 0) is 9.59 Å². The molecule has 1 fully saturated rings. The van der Waals surface area contributed by atoms with Gasteiger partial charge in [0.25, 0.3) is 5.91 Å². The maximum Gasteiger partial charge on any atom is 0.275 e. The van der Waals surface area contributed by atoms with E-state index in [4.69, 9.17) is 4.74 Å². The van der Waals surface area contributed by atoms with Gasteiger partial charge in [-0.1, -0.05) is 18.2 Å². The molecule has 2 aromatic carbocycles. The minimum absolute atomic E-state index is 0.115. The molecule has 0 aliphatic carbocycles. The van der Waals surface area contributed by atoms with Crippen LogP contribution in [0.25, 0.3) is 10.9 Å². The minimum atomic E-state index is -0.202. The number of carbonyl (C=O) groups is 3. The molecule has 4 rings (SSSR count). The Labute approximate surface area is 190 Å². The van der Waals surface area contributed by atoms with Crippen molar-refractivity contribution in [1.29, 1.82) is 0 Å². The van der Waals surface area contributed by atoms with Gasteiger partial charge in [0, 0.05) is 44.2 Å². The van der Waals surface area contributed by atoms with Gasteiger partial charge in [-0.2, -0.15) is 5.10 Å². The summed E-state index contributed by atoms with van der Waals surface area (Å²) in [5, 5.41) is 13.4. The van der Waals surface area contributed by atoms with Crippen LogP contribution in [-0.4, -0.2) is 77.6 Å². The van der Waals surface area contributed by atoms with Gasteiger partial charge >= 0.3 is 0 Å². The SMILES string of the molecule is COc1ccc(NC(C)=O)cc1NC(=O)CN1CCN(C(=O)c2n[nH]c3ccccc23)CC1. The number of carbonyl (C=O) groups excluding carboxylic acids is 3. The van der Waals surface area contributed by atoms with E-state index < -0.39 is 0 Å². The van der Waals surface area contributed by atoms with E-state index in [1.807, 2.05) is 29.2 Å². The Morgan fingerprint density at radius 3 is 2.55 bits per heavy atom. The standard InChI is InChI=1S/C23H26N6O4/c1-15(30)24-16-7-8-20(33-2)19(13-16)25-21(31)14-28-9-11-29(12-10-28)23(32)22-17-5-3-4-6-18(17)26-27-22/h3-8,13H,9-12,14H2,1-2H3,(H,24,30)(H,25,31)(H,26,27). The Hall–Kier alpha value is -3.92. The number of ether oxygens (including phenoxy) is 1. The zero-order chi connectivity index (χ0) is 23.4. The molecule has 0 bridgehead atoms. The average Bonchev–Trinajstić information content (AvgIpc) is 3.23. The topological polar surface area (TPSA) is 120 Å². The van der Waals surface area contributed by atoms with Crippen molar-refractivity contribution >= 4 is 40.0 Å². The second-order valence-corrected chi connectivity index (χ2v) is 7.83. The third kappa shape index (κ3) is 5.12. The van der Waals surface area contributed by atoms with Gasteiger partial charge in [0.1, 0.15) is 5.75 Å². The quantitative estimate of drug-likeness (QED) is 0.528. The van der Waals surface area contributed by atoms with Crippen LogP contribution in [0.3, 0.4) is 0 Å². The summed E-state index contributed by atoms with van der Waals surface area (Å²) < 4.78 is 5.31. The zero-order valence-corrected chi connectivity index (χ0v) is 18.6. The number of H-pyrrole nitrogens is 1. The van der Waals surface area contributed by atoms with E-state index in [9.17, 15) is 14.4 Å². The lowest BCUT2D eigenvalue weighted by molar-refractivity contribution is -0.117. The molecule has 10 nitrogen and oxygen atoms in total. The number of fused-ring (bicyclic) bond motifs is 1. The molecule has 0 atom stereocenters. The van der Waals surface area contributed by atoms with Crippen molar-refractivity contribution < 1.29 is 19.1 Å². The van der Waals surface area contributed by atoms with Crippen LogP contribution in [0.1, 0.15) is 17.4 Å². The Morgan fingerprint density at radius 1 is 1.06 bits per heavy atom. The molecule has 172 valence electrons. The summed E-state index contributed by atoms with van der Waals surface area (Å²) in [5.41, 5.74) is 2.29. The minimum Gasteiger partial charge on any atom is -0.495 e. The summed E-state index contributed by atoms with van der Waals surface area (Å²) in [4.78, 5) is 40.6. The molecule has 0 radical (unpaired) electrons. The van der Waals surface area contributed by atoms with Crippen LogP contribution >= 0.6 is 0 Å². The lowest BCUT2D eigenvalue weighted by Crippen LogP contribution is -2.50. The van der Waals surface area contributed by atoms with Crippen LogP contribution < -0.4 is 15.4 Å². The molecule has 0 unspecified atom stereocenters. The third-order valence-corrected chi connectivity index (χ3v) is 5.49. The van der Waals surface area contributed by atoms with Gasteiger partial charge in [-0.25, -0.2) is 0 Å². The fraction of sp³-hybridized carbons (Fsp3) is 0.304. The molecular weight excluding hydrogens is 424 g/mol. The normalized spacial score (nSPS) is 14.2. The number of piperazine rings is 1. The molecule has 2 heterocycles. The summed E-state index contributed by atoms with van der Waals surface area (Å²) in [7, 11) is 1.52. The van der Waals surface area contributed by atoms with Crippen molar-refractivity contribution in [2.24, 2.45) is 0 Å². The Bertz CT molecular complexity index is 1180. The number of benzene rings is 2. The first-order chi connectivity index (χ1) is 15.9. The Kier molecular flexibility index (Phi) is 6.55. The van der Waals surface area contributed by atoms with E-state index in [0.29, 0.717) is 49.0 Å². The van der Waals surface area contributed by atoms with E-state index >= 15 is 0 Å². The number of hydrogen-bond donors (Lipinski definition) is 3. The number of methoxy groups -OCH3 is 1. The number of amides is 3. The maximum atomic E-state index is 12.9. The largest absolute Gasteiger partial charge is 0.495 e. The lowest BCUT2D eigenvalue weighted by atomic mass is 10.2. The fourth-order valence-corrected chi connectivity index (χ4v) is 3.86. The monoisotopic (exact) mass is 450 g/mol. The number of aromatic nitrogens is 2. The molecule has 10 heteroatoms. The maximum absolute atomic E-state index is 12.9. The molecule has 1 saturated heterocycles. The summed E-state index contributed by atoms with van der Waals surface area (Å²) in [6.07, 6.45) is 0. The van der Waals surface area contributed by atoms with E-state index in [1.165, 1.54) is 14.0 Å². The van der Waals surface area contributed by atoms with Gasteiger partial charge in [0.2, 0.25) is 11.8 Å². The second-order valence-electron chi connectivity index (χ2n) is 7.83. The van der Waals surface area contributed by atoms with Crippen molar-refractivity contribution in [3.63, 3.8) is 0 Å². The third-order valence-electron chi connectivity index (χ3n) is 5.49. The number of para-hydroxylation sites is 1. The number of rotatable bonds is 6. The first-order valence-corrected chi connectivity index (χ1v) is 10.6. The van der Waals surface area contributed by atoms with E-state index in [2.05, 4.69) is 20.8 Å². The summed E-state index contributed by atoms with van der Waals surface area (Å²) >= 11 is 0. The number of hydrogen-bond acceptors (Lipinski definition) is 6. The van der Waals surface area contributed by atoms with Crippen molar-refractivity contribution in [2.75, 3.05) is 50.5 Å². The second kappa shape index (κ2) is 9.70. The predicted molar refractivity (Wildman–Crippen MR) is 124 cm³/mol. The molecule has 3 amide bonds. The van der Waals surface area contributed by atoms with Gasteiger partial charge in [0.05, 0.1) is 24.9 Å². The highest BCUT2D eigenvalue weighted by molar-refractivity contribution is 6.04. The number of anilines is 2. The van der Waals surface area contributed by atoms with Crippen molar-refractivity contribution in [3.8, 4) is 5.75 Å². The molecule has 0 saturated carbocycles. The van der Waals surface area contributed by atoms with Gasteiger partial charge in [-0.05, 0) is 24.3 Å². The highest BCUT2D eigenvalue weighted by Gasteiger charge is 2.26. The number of nitrogens with one attached hydrogen (secondary N) is 3. The van der Waals surface area contributed by atoms with Crippen LogP contribution in [0.5, 0.6) is 5.75 Å². The lowest BCUT2D eigenvalue weighted by Gasteiger charge is -2.34. The smallest absolute Gasteiger partial charge is 0.275 e. The average molecular weight is 450 g/mol. The molecule has 1 aliphatic heterocycles. The Balaban J connectivity index is 1.33. The highest BCUT2D eigenvalue weighted by Crippen LogP contribution is 2.28. The molecule has 1 aromatic heterocycles. The molecule has 33 heavy (non-hydrogen) atoms. The van der Waals surface area contributed by atoms with Crippen molar-refractivity contribution in [1.82, 2.24) is 20.0 Å². The van der Waals surface area contributed by atoms with Gasteiger partial charge in [-0.3, -0.25) is 24.4 Å². The number of nitrogens with zero attached hydrogens (tertiary/aromatic N) is 3. The molecule has 1 aliphatic rings. The van der Waals surface area contributed by atoms with Crippen LogP contribution in [0.2, 0.25) is 0 Å². The van der Waals surface area contributed by atoms with E-state index in [0.717, 1.165) is 10.9 Å². The summed E-state index contributed by atoms with van der Waals surface area (Å²) in [5.74, 6) is -0.0192. The summed E-state index contributed by atoms with van der Waals surface area (Å²) in [6, 6.07) is 12.6. The zero-order valence-electron chi connectivity index (χ0n) is 18.6. The first-order valence-electron chi connectivity index (χ1n) is 10.6. The van der Waals surface area contributed by atoms with E-state index in [1.54, 1.807) is 23.1 Å². The highest BCUT2D eigenvalue weighted by atomic mass is 16.5. The molecule has 3 aromatic rings. The van der Waals surface area contributed by atoms with Crippen LogP contribution in [0.4, 0.5) is 11.4 Å². The fourth-order valence-electron chi connectivity index (χ4n) is 3.86. The van der Waals surface area contributed by atoms with Gasteiger partial charge in [-0.15, -0.1) is 0 Å². The Morgan fingerprint density at radius 2 is 1.82 bits per heavy atom. The van der Waals surface area contributed by atoms with Crippen LogP contribution in [0.15, 0.2) is 42.5 Å². The van der Waals surface area contributed by atoms with E-state index in [-0.39, 0.29) is 24.3 Å². The van der Waals surface area contributed by atoms with Gasteiger partial charge < -0.3 is 20.3 Å². The van der Waals surface area contributed by atoms with Crippen molar-refractivity contribution in [3.05, 3.63) is 48.2 Å². The molecule has 0 spiro atoms. The van der Waals surface area contributed by atoms with Crippen molar-refractivity contribution in [2.45, 2.75) is 6.92 Å². The first kappa shape index (κ1) is 22.3. The number of aromatic amines is 1.